The molecule has 1 fully saturated rings. The van der Waals surface area contributed by atoms with Gasteiger partial charge >= 0.3 is 0 Å². The quantitative estimate of drug-likeness (QED) is 0.690. The lowest BCUT2D eigenvalue weighted by Crippen LogP contribution is -2.51. The van der Waals surface area contributed by atoms with Crippen molar-refractivity contribution in [3.8, 4) is 12.1 Å². The molecule has 148 valence electrons. The zero-order valence-electron chi connectivity index (χ0n) is 15.4. The molecule has 0 radical (unpaired) electrons. The predicted octanol–water partition coefficient (Wildman–Crippen LogP) is 1.89. The molecule has 0 saturated carbocycles. The third-order valence-electron chi connectivity index (χ3n) is 4.52. The molecule has 1 aliphatic heterocycles. The first kappa shape index (κ1) is 21.6. The van der Waals surface area contributed by atoms with Crippen molar-refractivity contribution in [2.24, 2.45) is 0 Å². The number of rotatable bonds is 7. The number of halogens is 2. The van der Waals surface area contributed by atoms with E-state index >= 15 is 0 Å². The van der Waals surface area contributed by atoms with Gasteiger partial charge in [-0.3, -0.25) is 14.5 Å². The Balaban J connectivity index is 1.88. The number of nitriles is 2. The van der Waals surface area contributed by atoms with Crippen LogP contribution < -0.4 is 0 Å². The summed E-state index contributed by atoms with van der Waals surface area (Å²) in [6.45, 7) is 2.67. The van der Waals surface area contributed by atoms with Crippen LogP contribution in [0.3, 0.4) is 0 Å². The van der Waals surface area contributed by atoms with Crippen molar-refractivity contribution in [1.82, 2.24) is 14.7 Å². The van der Waals surface area contributed by atoms with Crippen molar-refractivity contribution in [2.75, 3.05) is 45.8 Å². The lowest BCUT2D eigenvalue weighted by Gasteiger charge is -2.35. The topological polar surface area (TPSA) is 91.4 Å². The number of benzene rings is 1. The summed E-state index contributed by atoms with van der Waals surface area (Å²) in [5.74, 6) is -0.894. The summed E-state index contributed by atoms with van der Waals surface area (Å²) in [6, 6.07) is 7.70. The largest absolute Gasteiger partial charge is 0.340 e. The monoisotopic (exact) mass is 405 g/mol. The zero-order valence-corrected chi connectivity index (χ0v) is 16.2. The van der Waals surface area contributed by atoms with Crippen molar-refractivity contribution in [1.29, 1.82) is 10.5 Å². The van der Waals surface area contributed by atoms with Crippen LogP contribution in [0.4, 0.5) is 4.39 Å². The molecule has 1 heterocycles. The van der Waals surface area contributed by atoms with Gasteiger partial charge in [-0.2, -0.15) is 10.5 Å². The van der Waals surface area contributed by atoms with Gasteiger partial charge in [-0.1, -0.05) is 11.6 Å². The fourth-order valence-electron chi connectivity index (χ4n) is 2.96. The summed E-state index contributed by atoms with van der Waals surface area (Å²) in [5, 5.41) is 17.5. The maximum Gasteiger partial charge on any atom is 0.255 e. The molecule has 0 atom stereocenters. The average molecular weight is 406 g/mol. The predicted molar refractivity (Wildman–Crippen MR) is 101 cm³/mol. The van der Waals surface area contributed by atoms with Crippen LogP contribution in [0.2, 0.25) is 5.02 Å². The van der Waals surface area contributed by atoms with E-state index in [0.29, 0.717) is 39.3 Å². The van der Waals surface area contributed by atoms with Gasteiger partial charge in [0.1, 0.15) is 5.82 Å². The summed E-state index contributed by atoms with van der Waals surface area (Å²) in [5.41, 5.74) is 0.256. The maximum absolute atomic E-state index is 13.2. The summed E-state index contributed by atoms with van der Waals surface area (Å²) < 4.78 is 13.2. The normalized spacial score (nSPS) is 14.2. The number of carbonyl (C=O) groups is 2. The molecule has 28 heavy (non-hydrogen) atoms. The minimum Gasteiger partial charge on any atom is -0.340 e. The molecular formula is C19H21ClFN5O2. The lowest BCUT2D eigenvalue weighted by molar-refractivity contribution is -0.132. The van der Waals surface area contributed by atoms with E-state index in [1.54, 1.807) is 4.90 Å². The standard InChI is InChI=1S/C19H21ClFN5O2/c20-17-13-15(21)3-4-16(17)19(28)26-11-9-24(10-12-26)14-18(27)25(7-1-5-22)8-2-6-23/h3-4,13H,1-2,7-12,14H2. The Bertz CT molecular complexity index is 778. The van der Waals surface area contributed by atoms with Crippen LogP contribution in [0.25, 0.3) is 0 Å². The second kappa shape index (κ2) is 10.6. The van der Waals surface area contributed by atoms with Gasteiger partial charge in [0.15, 0.2) is 0 Å². The molecule has 7 nitrogen and oxygen atoms in total. The van der Waals surface area contributed by atoms with Gasteiger partial charge in [-0.05, 0) is 18.2 Å². The number of piperazine rings is 1. The van der Waals surface area contributed by atoms with Crippen molar-refractivity contribution >= 4 is 23.4 Å². The van der Waals surface area contributed by atoms with E-state index in [1.807, 2.05) is 17.0 Å². The van der Waals surface area contributed by atoms with Gasteiger partial charge in [0.25, 0.3) is 5.91 Å². The number of carbonyl (C=O) groups excluding carboxylic acids is 2. The lowest BCUT2D eigenvalue weighted by atomic mass is 10.1. The Hall–Kier alpha value is -2.68. The first-order valence-electron chi connectivity index (χ1n) is 8.94. The Morgan fingerprint density at radius 1 is 1.11 bits per heavy atom. The minimum atomic E-state index is -0.498. The summed E-state index contributed by atoms with van der Waals surface area (Å²) in [6.07, 6.45) is 0.440. The van der Waals surface area contributed by atoms with Crippen molar-refractivity contribution in [3.05, 3.63) is 34.6 Å². The van der Waals surface area contributed by atoms with E-state index in [2.05, 4.69) is 0 Å². The smallest absolute Gasteiger partial charge is 0.255 e. The first-order valence-corrected chi connectivity index (χ1v) is 9.32. The van der Waals surface area contributed by atoms with E-state index < -0.39 is 5.82 Å². The van der Waals surface area contributed by atoms with Crippen LogP contribution in [-0.2, 0) is 4.79 Å². The van der Waals surface area contributed by atoms with Crippen molar-refractivity contribution in [3.63, 3.8) is 0 Å². The fourth-order valence-corrected chi connectivity index (χ4v) is 3.21. The molecule has 0 aromatic heterocycles. The van der Waals surface area contributed by atoms with E-state index in [-0.39, 0.29) is 41.8 Å². The fraction of sp³-hybridized carbons (Fsp3) is 0.474. The molecule has 1 aliphatic rings. The number of nitrogens with zero attached hydrogens (tertiary/aromatic N) is 5. The van der Waals surface area contributed by atoms with Gasteiger partial charge in [0, 0.05) is 39.3 Å². The summed E-state index contributed by atoms with van der Waals surface area (Å²) in [4.78, 5) is 30.1. The highest BCUT2D eigenvalue weighted by Crippen LogP contribution is 2.20. The molecule has 9 heteroatoms. The molecule has 0 aliphatic carbocycles. The molecule has 0 spiro atoms. The third-order valence-corrected chi connectivity index (χ3v) is 4.83. The van der Waals surface area contributed by atoms with Gasteiger partial charge in [0.2, 0.25) is 5.91 Å². The molecule has 0 bridgehead atoms. The molecule has 0 unspecified atom stereocenters. The highest BCUT2D eigenvalue weighted by atomic mass is 35.5. The van der Waals surface area contributed by atoms with Crippen LogP contribution in [0.1, 0.15) is 23.2 Å². The maximum atomic E-state index is 13.2. The van der Waals surface area contributed by atoms with Gasteiger partial charge in [-0.25, -0.2) is 4.39 Å². The molecule has 2 rings (SSSR count). The number of amides is 2. The zero-order chi connectivity index (χ0) is 20.5. The summed E-state index contributed by atoms with van der Waals surface area (Å²) >= 11 is 5.97. The first-order chi connectivity index (χ1) is 13.5. The van der Waals surface area contributed by atoms with Gasteiger partial charge < -0.3 is 9.80 Å². The van der Waals surface area contributed by atoms with Crippen LogP contribution in [0, 0.1) is 28.5 Å². The second-order valence-electron chi connectivity index (χ2n) is 6.39. The molecular weight excluding hydrogens is 385 g/mol. The Morgan fingerprint density at radius 2 is 1.71 bits per heavy atom. The summed E-state index contributed by atoms with van der Waals surface area (Å²) in [7, 11) is 0. The molecule has 1 aromatic rings. The molecule has 0 N–H and O–H groups in total. The van der Waals surface area contributed by atoms with Crippen LogP contribution >= 0.6 is 11.6 Å². The van der Waals surface area contributed by atoms with Crippen LogP contribution in [0.15, 0.2) is 18.2 Å². The Kier molecular flexibility index (Phi) is 8.19. The van der Waals surface area contributed by atoms with Crippen LogP contribution in [0.5, 0.6) is 0 Å². The van der Waals surface area contributed by atoms with Crippen molar-refractivity contribution < 1.29 is 14.0 Å². The number of hydrogen-bond donors (Lipinski definition) is 0. The van der Waals surface area contributed by atoms with Crippen LogP contribution in [-0.4, -0.2) is 72.3 Å². The minimum absolute atomic E-state index is 0.0771. The van der Waals surface area contributed by atoms with E-state index in [0.717, 1.165) is 6.07 Å². The molecule has 2 amide bonds. The highest BCUT2D eigenvalue weighted by molar-refractivity contribution is 6.33. The van der Waals surface area contributed by atoms with Crippen molar-refractivity contribution in [2.45, 2.75) is 12.8 Å². The Labute approximate surface area is 168 Å². The number of hydrogen-bond acceptors (Lipinski definition) is 5. The Morgan fingerprint density at radius 3 is 2.25 bits per heavy atom. The van der Waals surface area contributed by atoms with E-state index in [4.69, 9.17) is 22.1 Å². The van der Waals surface area contributed by atoms with Gasteiger partial charge in [-0.15, -0.1) is 0 Å². The average Bonchev–Trinajstić information content (AvgIpc) is 2.68. The van der Waals surface area contributed by atoms with E-state index in [9.17, 15) is 14.0 Å². The highest BCUT2D eigenvalue weighted by Gasteiger charge is 2.25. The molecule has 1 saturated heterocycles. The third kappa shape index (κ3) is 5.91. The van der Waals surface area contributed by atoms with Gasteiger partial charge in [0.05, 0.1) is 42.1 Å². The second-order valence-corrected chi connectivity index (χ2v) is 6.80. The SMILES string of the molecule is N#CCCN(CCC#N)C(=O)CN1CCN(C(=O)c2ccc(F)cc2Cl)CC1. The molecule has 1 aromatic carbocycles. The van der Waals surface area contributed by atoms with E-state index in [1.165, 1.54) is 17.0 Å².